The molecule has 0 aliphatic rings. The second kappa shape index (κ2) is 7.28. The molecule has 2 aromatic heterocycles. The molecule has 3 aromatic rings. The Balaban J connectivity index is 1.64. The molecule has 24 heavy (non-hydrogen) atoms. The van der Waals surface area contributed by atoms with Crippen LogP contribution in [0.25, 0.3) is 0 Å². The van der Waals surface area contributed by atoms with Crippen molar-refractivity contribution in [2.24, 2.45) is 0 Å². The predicted octanol–water partition coefficient (Wildman–Crippen LogP) is 3.21. The standard InChI is InChI=1S/C17H16N4O3/c1-23-16(22)12-4-6-13(7-5-12)20-15-8-9-18-17(21-15)19-11-14-3-2-10-24-14/h2-10H,11H2,1H3,(H2,18,19,20,21). The summed E-state index contributed by atoms with van der Waals surface area (Å²) < 4.78 is 9.92. The molecule has 0 atom stereocenters. The lowest BCUT2D eigenvalue weighted by Crippen LogP contribution is -2.04. The van der Waals surface area contributed by atoms with Crippen molar-refractivity contribution in [1.82, 2.24) is 9.97 Å². The van der Waals surface area contributed by atoms with Gasteiger partial charge < -0.3 is 19.8 Å². The van der Waals surface area contributed by atoms with Gasteiger partial charge in [-0.1, -0.05) is 0 Å². The average molecular weight is 324 g/mol. The quantitative estimate of drug-likeness (QED) is 0.673. The Morgan fingerprint density at radius 2 is 2.04 bits per heavy atom. The molecule has 0 fully saturated rings. The molecular formula is C17H16N4O3. The molecule has 2 heterocycles. The number of rotatable bonds is 6. The first-order chi connectivity index (χ1) is 11.7. The van der Waals surface area contributed by atoms with Crippen molar-refractivity contribution >= 4 is 23.4 Å². The zero-order valence-electron chi connectivity index (χ0n) is 13.0. The molecule has 0 saturated carbocycles. The molecule has 122 valence electrons. The van der Waals surface area contributed by atoms with Crippen LogP contribution in [0.2, 0.25) is 0 Å². The number of nitrogens with one attached hydrogen (secondary N) is 2. The lowest BCUT2D eigenvalue weighted by atomic mass is 10.2. The first-order valence-electron chi connectivity index (χ1n) is 7.29. The molecule has 1 aromatic carbocycles. The van der Waals surface area contributed by atoms with E-state index in [2.05, 4.69) is 25.3 Å². The Labute approximate surface area is 138 Å². The zero-order valence-corrected chi connectivity index (χ0v) is 13.0. The van der Waals surface area contributed by atoms with E-state index in [-0.39, 0.29) is 5.97 Å². The summed E-state index contributed by atoms with van der Waals surface area (Å²) in [7, 11) is 1.35. The van der Waals surface area contributed by atoms with Gasteiger partial charge in [-0.05, 0) is 42.5 Å². The fraction of sp³-hybridized carbons (Fsp3) is 0.118. The van der Waals surface area contributed by atoms with Crippen molar-refractivity contribution in [3.8, 4) is 0 Å². The minimum absolute atomic E-state index is 0.368. The van der Waals surface area contributed by atoms with Gasteiger partial charge in [-0.25, -0.2) is 9.78 Å². The van der Waals surface area contributed by atoms with Crippen LogP contribution in [-0.4, -0.2) is 23.0 Å². The van der Waals surface area contributed by atoms with E-state index in [1.807, 2.05) is 12.1 Å². The van der Waals surface area contributed by atoms with Gasteiger partial charge in [0.2, 0.25) is 5.95 Å². The number of esters is 1. The second-order valence-electron chi connectivity index (χ2n) is 4.89. The smallest absolute Gasteiger partial charge is 0.337 e. The maximum atomic E-state index is 11.4. The largest absolute Gasteiger partial charge is 0.467 e. The summed E-state index contributed by atoms with van der Waals surface area (Å²) in [6, 6.07) is 12.4. The molecule has 7 heteroatoms. The van der Waals surface area contributed by atoms with E-state index < -0.39 is 0 Å². The van der Waals surface area contributed by atoms with Gasteiger partial charge in [0.1, 0.15) is 11.6 Å². The molecule has 0 radical (unpaired) electrons. The lowest BCUT2D eigenvalue weighted by molar-refractivity contribution is 0.0601. The van der Waals surface area contributed by atoms with E-state index in [1.165, 1.54) is 7.11 Å². The number of furan rings is 1. The normalized spacial score (nSPS) is 10.2. The van der Waals surface area contributed by atoms with E-state index in [1.54, 1.807) is 42.8 Å². The first-order valence-corrected chi connectivity index (χ1v) is 7.29. The zero-order chi connectivity index (χ0) is 16.8. The van der Waals surface area contributed by atoms with Crippen LogP contribution < -0.4 is 10.6 Å². The topological polar surface area (TPSA) is 89.3 Å². The van der Waals surface area contributed by atoms with Crippen LogP contribution in [0.4, 0.5) is 17.5 Å². The van der Waals surface area contributed by atoms with E-state index in [9.17, 15) is 4.79 Å². The Morgan fingerprint density at radius 1 is 1.21 bits per heavy atom. The highest BCUT2D eigenvalue weighted by Gasteiger charge is 2.05. The minimum Gasteiger partial charge on any atom is -0.467 e. The van der Waals surface area contributed by atoms with Gasteiger partial charge in [0.15, 0.2) is 0 Å². The molecule has 0 aliphatic heterocycles. The van der Waals surface area contributed by atoms with Gasteiger partial charge in [0, 0.05) is 11.9 Å². The number of nitrogens with zero attached hydrogens (tertiary/aromatic N) is 2. The monoisotopic (exact) mass is 324 g/mol. The Bertz CT molecular complexity index is 801. The first kappa shape index (κ1) is 15.5. The number of benzene rings is 1. The third-order valence-corrected chi connectivity index (χ3v) is 3.23. The van der Waals surface area contributed by atoms with E-state index in [4.69, 9.17) is 4.42 Å². The fourth-order valence-corrected chi connectivity index (χ4v) is 2.05. The molecule has 2 N–H and O–H groups in total. The summed E-state index contributed by atoms with van der Waals surface area (Å²) in [6.45, 7) is 0.504. The molecular weight excluding hydrogens is 308 g/mol. The second-order valence-corrected chi connectivity index (χ2v) is 4.89. The highest BCUT2D eigenvalue weighted by atomic mass is 16.5. The van der Waals surface area contributed by atoms with Gasteiger partial charge in [-0.3, -0.25) is 0 Å². The maximum absolute atomic E-state index is 11.4. The Hall–Kier alpha value is -3.35. The lowest BCUT2D eigenvalue weighted by Gasteiger charge is -2.08. The van der Waals surface area contributed by atoms with Gasteiger partial charge in [0.05, 0.1) is 25.5 Å². The van der Waals surface area contributed by atoms with Crippen LogP contribution >= 0.6 is 0 Å². The average Bonchev–Trinajstić information content (AvgIpc) is 3.14. The number of carbonyl (C=O) groups excluding carboxylic acids is 1. The summed E-state index contributed by atoms with van der Waals surface area (Å²) in [5.41, 5.74) is 1.30. The summed E-state index contributed by atoms with van der Waals surface area (Å²) in [5.74, 6) is 1.56. The van der Waals surface area contributed by atoms with Gasteiger partial charge in [-0.2, -0.15) is 4.98 Å². The number of aromatic nitrogens is 2. The summed E-state index contributed by atoms with van der Waals surface area (Å²) in [4.78, 5) is 20.0. The highest BCUT2D eigenvalue weighted by Crippen LogP contribution is 2.16. The highest BCUT2D eigenvalue weighted by molar-refractivity contribution is 5.89. The molecule has 0 unspecified atom stereocenters. The number of hydrogen-bond acceptors (Lipinski definition) is 7. The maximum Gasteiger partial charge on any atom is 0.337 e. The third kappa shape index (κ3) is 3.89. The SMILES string of the molecule is COC(=O)c1ccc(Nc2ccnc(NCc3ccco3)n2)cc1. The van der Waals surface area contributed by atoms with Crippen molar-refractivity contribution in [1.29, 1.82) is 0 Å². The molecule has 0 saturated heterocycles. The van der Waals surface area contributed by atoms with Crippen LogP contribution in [-0.2, 0) is 11.3 Å². The van der Waals surface area contributed by atoms with Crippen LogP contribution in [0.15, 0.2) is 59.3 Å². The van der Waals surface area contributed by atoms with Crippen molar-refractivity contribution < 1.29 is 13.9 Å². The van der Waals surface area contributed by atoms with Crippen LogP contribution in [0.1, 0.15) is 16.1 Å². The van der Waals surface area contributed by atoms with E-state index in [0.717, 1.165) is 11.4 Å². The summed E-state index contributed by atoms with van der Waals surface area (Å²) in [6.07, 6.45) is 3.27. The van der Waals surface area contributed by atoms with Crippen LogP contribution in [0, 0.1) is 0 Å². The van der Waals surface area contributed by atoms with Crippen molar-refractivity contribution in [3.05, 3.63) is 66.2 Å². The number of hydrogen-bond donors (Lipinski definition) is 2. The Morgan fingerprint density at radius 3 is 2.75 bits per heavy atom. The van der Waals surface area contributed by atoms with Crippen LogP contribution in [0.5, 0.6) is 0 Å². The molecule has 0 aliphatic carbocycles. The van der Waals surface area contributed by atoms with Gasteiger partial charge in [-0.15, -0.1) is 0 Å². The summed E-state index contributed by atoms with van der Waals surface area (Å²) >= 11 is 0. The van der Waals surface area contributed by atoms with Crippen molar-refractivity contribution in [3.63, 3.8) is 0 Å². The number of carbonyl (C=O) groups is 1. The van der Waals surface area contributed by atoms with E-state index >= 15 is 0 Å². The molecule has 0 bridgehead atoms. The third-order valence-electron chi connectivity index (χ3n) is 3.23. The van der Waals surface area contributed by atoms with Crippen molar-refractivity contribution in [2.45, 2.75) is 6.54 Å². The predicted molar refractivity (Wildman–Crippen MR) is 89.1 cm³/mol. The molecule has 3 rings (SSSR count). The fourth-order valence-electron chi connectivity index (χ4n) is 2.05. The molecule has 7 nitrogen and oxygen atoms in total. The summed E-state index contributed by atoms with van der Waals surface area (Å²) in [5, 5.41) is 6.24. The number of anilines is 3. The minimum atomic E-state index is -0.368. The van der Waals surface area contributed by atoms with Crippen molar-refractivity contribution in [2.75, 3.05) is 17.7 Å². The van der Waals surface area contributed by atoms with Gasteiger partial charge in [0.25, 0.3) is 0 Å². The van der Waals surface area contributed by atoms with E-state index in [0.29, 0.717) is 23.9 Å². The molecule has 0 amide bonds. The van der Waals surface area contributed by atoms with Crippen LogP contribution in [0.3, 0.4) is 0 Å². The Kier molecular flexibility index (Phi) is 4.71. The number of ether oxygens (including phenoxy) is 1. The molecule has 0 spiro atoms. The van der Waals surface area contributed by atoms with Gasteiger partial charge >= 0.3 is 5.97 Å². The number of methoxy groups -OCH3 is 1.